The summed E-state index contributed by atoms with van der Waals surface area (Å²) in [5.74, 6) is 0.794. The maximum absolute atomic E-state index is 12.1. The van der Waals surface area contributed by atoms with E-state index in [2.05, 4.69) is 15.5 Å². The van der Waals surface area contributed by atoms with E-state index in [1.54, 1.807) is 55.9 Å². The highest BCUT2D eigenvalue weighted by Gasteiger charge is 2.08. The van der Waals surface area contributed by atoms with E-state index in [1.807, 2.05) is 0 Å². The predicted octanol–water partition coefficient (Wildman–Crippen LogP) is 1.08. The van der Waals surface area contributed by atoms with E-state index in [0.29, 0.717) is 17.3 Å². The molecule has 1 N–H and O–H groups in total. The Morgan fingerprint density at radius 3 is 2.67 bits per heavy atom. The highest BCUT2D eigenvalue weighted by Crippen LogP contribution is 2.14. The number of carbonyl (C=O) groups excluding carboxylic acids is 1. The molecule has 3 aromatic rings. The monoisotopic (exact) mass is 325 g/mol. The summed E-state index contributed by atoms with van der Waals surface area (Å²) in [5, 5.41) is 10.9. The highest BCUT2D eigenvalue weighted by atomic mass is 16.5. The van der Waals surface area contributed by atoms with Gasteiger partial charge in [-0.3, -0.25) is 9.59 Å². The fraction of sp³-hybridized carbons (Fsp3) is 0.125. The lowest BCUT2D eigenvalue weighted by Gasteiger charge is -2.08. The summed E-state index contributed by atoms with van der Waals surface area (Å²) in [6.07, 6.45) is 3.31. The smallest absolute Gasteiger partial charge is 0.267 e. The molecule has 0 bridgehead atoms. The first-order chi connectivity index (χ1) is 11.7. The molecule has 0 aliphatic carbocycles. The third-order valence-electron chi connectivity index (χ3n) is 3.26. The average molecular weight is 325 g/mol. The molecule has 0 unspecified atom stereocenters. The van der Waals surface area contributed by atoms with Crippen molar-refractivity contribution in [3.8, 4) is 11.6 Å². The molecular formula is C16H15N5O3. The fourth-order valence-corrected chi connectivity index (χ4v) is 2.09. The van der Waals surface area contributed by atoms with Gasteiger partial charge in [-0.15, -0.1) is 5.10 Å². The van der Waals surface area contributed by atoms with Crippen LogP contribution in [-0.2, 0) is 11.3 Å². The number of methoxy groups -OCH3 is 1. The lowest BCUT2D eigenvalue weighted by Crippen LogP contribution is -2.30. The van der Waals surface area contributed by atoms with Gasteiger partial charge in [-0.05, 0) is 36.4 Å². The number of nitrogens with one attached hydrogen (secondary N) is 1. The van der Waals surface area contributed by atoms with Crippen molar-refractivity contribution < 1.29 is 9.53 Å². The van der Waals surface area contributed by atoms with Crippen LogP contribution in [0.15, 0.2) is 59.7 Å². The zero-order chi connectivity index (χ0) is 16.9. The van der Waals surface area contributed by atoms with Gasteiger partial charge in [0.2, 0.25) is 5.91 Å². The molecule has 2 heterocycles. The maximum atomic E-state index is 12.1. The van der Waals surface area contributed by atoms with Gasteiger partial charge in [-0.1, -0.05) is 0 Å². The third-order valence-corrected chi connectivity index (χ3v) is 3.26. The van der Waals surface area contributed by atoms with Crippen LogP contribution in [0.1, 0.15) is 0 Å². The van der Waals surface area contributed by atoms with Crippen molar-refractivity contribution in [1.29, 1.82) is 0 Å². The SMILES string of the molecule is COc1ccc(NC(=O)Cn2nc(-n3cccn3)ccc2=O)cc1. The number of benzene rings is 1. The molecule has 0 spiro atoms. The third kappa shape index (κ3) is 3.49. The minimum atomic E-state index is -0.365. The summed E-state index contributed by atoms with van der Waals surface area (Å²) < 4.78 is 7.66. The van der Waals surface area contributed by atoms with E-state index >= 15 is 0 Å². The van der Waals surface area contributed by atoms with E-state index in [0.717, 1.165) is 4.68 Å². The number of hydrogen-bond donors (Lipinski definition) is 1. The van der Waals surface area contributed by atoms with Crippen LogP contribution in [0.2, 0.25) is 0 Å². The molecule has 8 nitrogen and oxygen atoms in total. The Morgan fingerprint density at radius 1 is 1.21 bits per heavy atom. The lowest BCUT2D eigenvalue weighted by atomic mass is 10.3. The first-order valence-corrected chi connectivity index (χ1v) is 7.18. The Labute approximate surface area is 137 Å². The van der Waals surface area contributed by atoms with E-state index in [9.17, 15) is 9.59 Å². The number of nitrogens with zero attached hydrogens (tertiary/aromatic N) is 4. The molecule has 0 aliphatic rings. The molecule has 2 aromatic heterocycles. The predicted molar refractivity (Wildman–Crippen MR) is 87.2 cm³/mol. The maximum Gasteiger partial charge on any atom is 0.267 e. The van der Waals surface area contributed by atoms with Gasteiger partial charge in [0.25, 0.3) is 5.56 Å². The molecule has 1 aromatic carbocycles. The standard InChI is InChI=1S/C16H15N5O3/c1-24-13-5-3-12(4-6-13)18-15(22)11-21-16(23)8-7-14(19-21)20-10-2-9-17-20/h2-10H,11H2,1H3,(H,18,22). The van der Waals surface area contributed by atoms with Gasteiger partial charge in [0, 0.05) is 24.1 Å². The van der Waals surface area contributed by atoms with E-state index in [4.69, 9.17) is 4.74 Å². The van der Waals surface area contributed by atoms with Crippen molar-refractivity contribution in [3.63, 3.8) is 0 Å². The van der Waals surface area contributed by atoms with Crippen LogP contribution in [-0.4, -0.2) is 32.6 Å². The van der Waals surface area contributed by atoms with Crippen molar-refractivity contribution in [1.82, 2.24) is 19.6 Å². The summed E-state index contributed by atoms with van der Waals surface area (Å²) in [6.45, 7) is -0.194. The molecule has 0 saturated carbocycles. The van der Waals surface area contributed by atoms with Crippen molar-refractivity contribution in [2.45, 2.75) is 6.54 Å². The van der Waals surface area contributed by atoms with Gasteiger partial charge in [-0.25, -0.2) is 9.36 Å². The summed E-state index contributed by atoms with van der Waals surface area (Å²) in [7, 11) is 1.57. The van der Waals surface area contributed by atoms with Crippen LogP contribution in [0.25, 0.3) is 5.82 Å². The molecule has 0 atom stereocenters. The Kier molecular flexibility index (Phi) is 4.37. The minimum absolute atomic E-state index is 0.194. The van der Waals surface area contributed by atoms with Gasteiger partial charge >= 0.3 is 0 Å². The first-order valence-electron chi connectivity index (χ1n) is 7.18. The van der Waals surface area contributed by atoms with Crippen LogP contribution >= 0.6 is 0 Å². The average Bonchev–Trinajstić information content (AvgIpc) is 3.12. The fourth-order valence-electron chi connectivity index (χ4n) is 2.09. The normalized spacial score (nSPS) is 10.4. The highest BCUT2D eigenvalue weighted by molar-refractivity contribution is 5.90. The molecular weight excluding hydrogens is 310 g/mol. The van der Waals surface area contributed by atoms with Gasteiger partial charge in [0.05, 0.1) is 7.11 Å². The largest absolute Gasteiger partial charge is 0.497 e. The zero-order valence-electron chi connectivity index (χ0n) is 12.9. The number of carbonyl (C=O) groups is 1. The zero-order valence-corrected chi connectivity index (χ0v) is 12.9. The van der Waals surface area contributed by atoms with E-state index < -0.39 is 0 Å². The van der Waals surface area contributed by atoms with Gasteiger partial charge < -0.3 is 10.1 Å². The molecule has 3 rings (SSSR count). The molecule has 122 valence electrons. The van der Waals surface area contributed by atoms with Crippen molar-refractivity contribution in [3.05, 3.63) is 65.2 Å². The van der Waals surface area contributed by atoms with Crippen LogP contribution in [0.4, 0.5) is 5.69 Å². The van der Waals surface area contributed by atoms with Crippen LogP contribution in [0.5, 0.6) is 5.75 Å². The summed E-state index contributed by atoms with van der Waals surface area (Å²) in [6, 6.07) is 11.5. The molecule has 1 amide bonds. The Bertz CT molecular complexity index is 885. The second kappa shape index (κ2) is 6.78. The van der Waals surface area contributed by atoms with Gasteiger partial charge in [-0.2, -0.15) is 5.10 Å². The quantitative estimate of drug-likeness (QED) is 0.758. The topological polar surface area (TPSA) is 91.0 Å². The lowest BCUT2D eigenvalue weighted by molar-refractivity contribution is -0.117. The van der Waals surface area contributed by atoms with Crippen molar-refractivity contribution >= 4 is 11.6 Å². The molecule has 0 saturated heterocycles. The number of ether oxygens (including phenoxy) is 1. The van der Waals surface area contributed by atoms with Gasteiger partial charge in [0.15, 0.2) is 5.82 Å². The van der Waals surface area contributed by atoms with Crippen LogP contribution < -0.4 is 15.6 Å². The van der Waals surface area contributed by atoms with Crippen molar-refractivity contribution in [2.24, 2.45) is 0 Å². The van der Waals surface area contributed by atoms with E-state index in [1.165, 1.54) is 10.7 Å². The molecule has 24 heavy (non-hydrogen) atoms. The van der Waals surface area contributed by atoms with Crippen LogP contribution in [0, 0.1) is 0 Å². The second-order valence-electron chi connectivity index (χ2n) is 4.91. The molecule has 0 fully saturated rings. The summed E-state index contributed by atoms with van der Waals surface area (Å²) in [5.41, 5.74) is 0.243. The van der Waals surface area contributed by atoms with Crippen LogP contribution in [0.3, 0.4) is 0 Å². The first kappa shape index (κ1) is 15.5. The van der Waals surface area contributed by atoms with Gasteiger partial charge in [0.1, 0.15) is 12.3 Å². The molecule has 0 radical (unpaired) electrons. The number of anilines is 1. The second-order valence-corrected chi connectivity index (χ2v) is 4.91. The Balaban J connectivity index is 1.73. The number of rotatable bonds is 5. The Morgan fingerprint density at radius 2 is 2.00 bits per heavy atom. The number of amides is 1. The molecule has 8 heteroatoms. The minimum Gasteiger partial charge on any atom is -0.497 e. The summed E-state index contributed by atoms with van der Waals surface area (Å²) in [4.78, 5) is 24.0. The molecule has 0 aliphatic heterocycles. The number of aromatic nitrogens is 4. The van der Waals surface area contributed by atoms with Crippen molar-refractivity contribution in [2.75, 3.05) is 12.4 Å². The summed E-state index contributed by atoms with van der Waals surface area (Å²) >= 11 is 0. The Hall–Kier alpha value is -3.42. The van der Waals surface area contributed by atoms with E-state index in [-0.39, 0.29) is 18.0 Å². The number of hydrogen-bond acceptors (Lipinski definition) is 5.